The second-order valence-electron chi connectivity index (χ2n) is 6.21. The van der Waals surface area contributed by atoms with Gasteiger partial charge in [0, 0.05) is 18.5 Å². The van der Waals surface area contributed by atoms with E-state index in [1.54, 1.807) is 0 Å². The van der Waals surface area contributed by atoms with Crippen molar-refractivity contribution >= 4 is 6.03 Å². The van der Waals surface area contributed by atoms with Crippen LogP contribution >= 0.6 is 0 Å². The third-order valence-electron chi connectivity index (χ3n) is 4.56. The molecule has 0 aliphatic heterocycles. The highest BCUT2D eigenvalue weighted by Crippen LogP contribution is 2.23. The number of nitrogens with one attached hydrogen (secondary N) is 2. The smallest absolute Gasteiger partial charge is 0.315 e. The SMILES string of the molecule is O=C(NCC(c1ccccc1)c1ccccc1)NC1CCCC1. The summed E-state index contributed by atoms with van der Waals surface area (Å²) in [6.07, 6.45) is 4.66. The van der Waals surface area contributed by atoms with Gasteiger partial charge in [0.25, 0.3) is 0 Å². The molecule has 1 fully saturated rings. The molecule has 3 heteroatoms. The largest absolute Gasteiger partial charge is 0.337 e. The molecule has 23 heavy (non-hydrogen) atoms. The van der Waals surface area contributed by atoms with Crippen LogP contribution in [0.1, 0.15) is 42.7 Å². The molecule has 2 N–H and O–H groups in total. The van der Waals surface area contributed by atoms with Gasteiger partial charge in [0.1, 0.15) is 0 Å². The Morgan fingerprint density at radius 2 is 1.43 bits per heavy atom. The van der Waals surface area contributed by atoms with Crippen molar-refractivity contribution in [3.05, 3.63) is 71.8 Å². The fourth-order valence-corrected chi connectivity index (χ4v) is 3.30. The Hall–Kier alpha value is -2.29. The molecule has 1 aliphatic rings. The van der Waals surface area contributed by atoms with E-state index in [4.69, 9.17) is 0 Å². The molecule has 3 nitrogen and oxygen atoms in total. The first-order valence-electron chi connectivity index (χ1n) is 8.47. The van der Waals surface area contributed by atoms with E-state index in [9.17, 15) is 4.79 Å². The van der Waals surface area contributed by atoms with Crippen molar-refractivity contribution in [3.63, 3.8) is 0 Å². The Morgan fingerprint density at radius 1 is 0.913 bits per heavy atom. The molecule has 0 radical (unpaired) electrons. The first-order chi connectivity index (χ1) is 11.3. The third-order valence-corrected chi connectivity index (χ3v) is 4.56. The van der Waals surface area contributed by atoms with Gasteiger partial charge >= 0.3 is 6.03 Å². The fourth-order valence-electron chi connectivity index (χ4n) is 3.30. The average molecular weight is 308 g/mol. The van der Waals surface area contributed by atoms with E-state index in [1.165, 1.54) is 24.0 Å². The molecule has 2 amide bonds. The molecule has 0 heterocycles. The minimum Gasteiger partial charge on any atom is -0.337 e. The Labute approximate surface area is 138 Å². The summed E-state index contributed by atoms with van der Waals surface area (Å²) >= 11 is 0. The van der Waals surface area contributed by atoms with Crippen LogP contribution in [-0.2, 0) is 0 Å². The Balaban J connectivity index is 1.65. The summed E-state index contributed by atoms with van der Waals surface area (Å²) < 4.78 is 0. The zero-order valence-corrected chi connectivity index (χ0v) is 13.4. The Morgan fingerprint density at radius 3 is 1.96 bits per heavy atom. The molecule has 2 aromatic rings. The summed E-state index contributed by atoms with van der Waals surface area (Å²) in [6.45, 7) is 0.604. The molecule has 2 aromatic carbocycles. The molecule has 0 aromatic heterocycles. The fraction of sp³-hybridized carbons (Fsp3) is 0.350. The zero-order chi connectivity index (χ0) is 15.9. The maximum atomic E-state index is 12.1. The predicted octanol–water partition coefficient (Wildman–Crippen LogP) is 4.06. The molecule has 0 bridgehead atoms. The zero-order valence-electron chi connectivity index (χ0n) is 13.4. The van der Waals surface area contributed by atoms with Gasteiger partial charge in [-0.2, -0.15) is 0 Å². The summed E-state index contributed by atoms with van der Waals surface area (Å²) in [5.74, 6) is 0.173. The van der Waals surface area contributed by atoms with Crippen LogP contribution < -0.4 is 10.6 Å². The lowest BCUT2D eigenvalue weighted by Gasteiger charge is -2.20. The lowest BCUT2D eigenvalue weighted by Crippen LogP contribution is -2.42. The first kappa shape index (κ1) is 15.6. The molecule has 3 rings (SSSR count). The average Bonchev–Trinajstić information content (AvgIpc) is 3.10. The number of carbonyl (C=O) groups is 1. The lowest BCUT2D eigenvalue weighted by molar-refractivity contribution is 0.237. The molecular weight excluding hydrogens is 284 g/mol. The van der Waals surface area contributed by atoms with Crippen LogP contribution in [0.15, 0.2) is 60.7 Å². The summed E-state index contributed by atoms with van der Waals surface area (Å²) in [7, 11) is 0. The maximum absolute atomic E-state index is 12.1. The lowest BCUT2D eigenvalue weighted by atomic mass is 9.91. The van der Waals surface area contributed by atoms with Gasteiger partial charge in [-0.15, -0.1) is 0 Å². The number of rotatable bonds is 5. The number of urea groups is 1. The van der Waals surface area contributed by atoms with Crippen LogP contribution in [0, 0.1) is 0 Å². The molecule has 1 saturated carbocycles. The van der Waals surface area contributed by atoms with E-state index in [-0.39, 0.29) is 11.9 Å². The van der Waals surface area contributed by atoms with Gasteiger partial charge in [-0.1, -0.05) is 73.5 Å². The van der Waals surface area contributed by atoms with Crippen LogP contribution in [0.4, 0.5) is 4.79 Å². The third kappa shape index (κ3) is 4.35. The van der Waals surface area contributed by atoms with Crippen molar-refractivity contribution in [1.82, 2.24) is 10.6 Å². The van der Waals surface area contributed by atoms with E-state index < -0.39 is 0 Å². The molecule has 0 atom stereocenters. The van der Waals surface area contributed by atoms with Crippen LogP contribution in [0.3, 0.4) is 0 Å². The van der Waals surface area contributed by atoms with E-state index in [0.717, 1.165) is 12.8 Å². The second kappa shape index (κ2) is 7.82. The van der Waals surface area contributed by atoms with Crippen LogP contribution in [0.2, 0.25) is 0 Å². The summed E-state index contributed by atoms with van der Waals surface area (Å²) in [5, 5.41) is 6.14. The molecule has 0 spiro atoms. The molecule has 120 valence electrons. The second-order valence-corrected chi connectivity index (χ2v) is 6.21. The first-order valence-corrected chi connectivity index (χ1v) is 8.47. The quantitative estimate of drug-likeness (QED) is 0.859. The van der Waals surface area contributed by atoms with Gasteiger partial charge in [0.15, 0.2) is 0 Å². The van der Waals surface area contributed by atoms with Crippen molar-refractivity contribution < 1.29 is 4.79 Å². The van der Waals surface area contributed by atoms with Crippen LogP contribution in [0.25, 0.3) is 0 Å². The standard InChI is InChI=1S/C20H24N2O/c23-20(22-18-13-7-8-14-18)21-15-19(16-9-3-1-4-10-16)17-11-5-2-6-12-17/h1-6,9-12,18-19H,7-8,13-15H2,(H2,21,22,23). The molecule has 0 unspecified atom stereocenters. The van der Waals surface area contributed by atoms with Crippen molar-refractivity contribution in [1.29, 1.82) is 0 Å². The Kier molecular flexibility index (Phi) is 5.30. The van der Waals surface area contributed by atoms with E-state index in [1.807, 2.05) is 36.4 Å². The van der Waals surface area contributed by atoms with Crippen LogP contribution in [-0.4, -0.2) is 18.6 Å². The van der Waals surface area contributed by atoms with Crippen LogP contribution in [0.5, 0.6) is 0 Å². The van der Waals surface area contributed by atoms with Gasteiger partial charge in [-0.05, 0) is 24.0 Å². The summed E-state index contributed by atoms with van der Waals surface area (Å²) in [5.41, 5.74) is 2.44. The summed E-state index contributed by atoms with van der Waals surface area (Å²) in [6, 6.07) is 21.0. The number of hydrogen-bond donors (Lipinski definition) is 2. The highest BCUT2D eigenvalue weighted by molar-refractivity contribution is 5.74. The van der Waals surface area contributed by atoms with E-state index in [0.29, 0.717) is 12.6 Å². The number of amides is 2. The highest BCUT2D eigenvalue weighted by atomic mass is 16.2. The minimum absolute atomic E-state index is 0.0474. The van der Waals surface area contributed by atoms with Crippen molar-refractivity contribution in [3.8, 4) is 0 Å². The molecular formula is C20H24N2O. The minimum atomic E-state index is -0.0474. The van der Waals surface area contributed by atoms with Gasteiger partial charge < -0.3 is 10.6 Å². The number of carbonyl (C=O) groups excluding carboxylic acids is 1. The van der Waals surface area contributed by atoms with Gasteiger partial charge in [-0.25, -0.2) is 4.79 Å². The molecule has 1 aliphatic carbocycles. The molecule has 0 saturated heterocycles. The summed E-state index contributed by atoms with van der Waals surface area (Å²) in [4.78, 5) is 12.1. The van der Waals surface area contributed by atoms with Crippen molar-refractivity contribution in [2.45, 2.75) is 37.6 Å². The number of hydrogen-bond acceptors (Lipinski definition) is 1. The van der Waals surface area contributed by atoms with Gasteiger partial charge in [-0.3, -0.25) is 0 Å². The predicted molar refractivity (Wildman–Crippen MR) is 93.5 cm³/mol. The van der Waals surface area contributed by atoms with E-state index >= 15 is 0 Å². The van der Waals surface area contributed by atoms with E-state index in [2.05, 4.69) is 34.9 Å². The number of benzene rings is 2. The topological polar surface area (TPSA) is 41.1 Å². The highest BCUT2D eigenvalue weighted by Gasteiger charge is 2.19. The van der Waals surface area contributed by atoms with Gasteiger partial charge in [0.05, 0.1) is 0 Å². The maximum Gasteiger partial charge on any atom is 0.315 e. The van der Waals surface area contributed by atoms with Gasteiger partial charge in [0.2, 0.25) is 0 Å². The van der Waals surface area contributed by atoms with Crippen molar-refractivity contribution in [2.24, 2.45) is 0 Å². The Bertz CT molecular complexity index is 567. The van der Waals surface area contributed by atoms with Crippen molar-refractivity contribution in [2.75, 3.05) is 6.54 Å². The monoisotopic (exact) mass is 308 g/mol. The normalized spacial score (nSPS) is 14.8.